The quantitative estimate of drug-likeness (QED) is 0.463. The molecule has 4 heteroatoms. The van der Waals surface area contributed by atoms with Gasteiger partial charge in [-0.3, -0.25) is 14.5 Å². The molecule has 2 amide bonds. The summed E-state index contributed by atoms with van der Waals surface area (Å²) in [5.74, 6) is 0.223. The molecule has 2 saturated heterocycles. The zero-order chi connectivity index (χ0) is 9.42. The number of carbonyl (C=O) groups excluding carboxylic acids is 2. The Bertz CT molecular complexity index is 231. The lowest BCUT2D eigenvalue weighted by atomic mass is 10.1. The van der Waals surface area contributed by atoms with E-state index >= 15 is 0 Å². The summed E-state index contributed by atoms with van der Waals surface area (Å²) in [5.41, 5.74) is 0. The first-order valence-electron chi connectivity index (χ1n) is 4.63. The summed E-state index contributed by atoms with van der Waals surface area (Å²) >= 11 is 0. The van der Waals surface area contributed by atoms with Crippen molar-refractivity contribution in [1.29, 1.82) is 0 Å². The maximum atomic E-state index is 11.2. The van der Waals surface area contributed by atoms with E-state index in [0.29, 0.717) is 19.4 Å². The van der Waals surface area contributed by atoms with Crippen molar-refractivity contribution < 1.29 is 14.3 Å². The minimum Gasteiger partial charge on any atom is -0.373 e. The van der Waals surface area contributed by atoms with Crippen LogP contribution in [0.2, 0.25) is 0 Å². The van der Waals surface area contributed by atoms with E-state index in [9.17, 15) is 9.59 Å². The molecule has 0 aromatic heterocycles. The van der Waals surface area contributed by atoms with Gasteiger partial charge in [0.25, 0.3) is 0 Å². The highest BCUT2D eigenvalue weighted by Crippen LogP contribution is 2.23. The van der Waals surface area contributed by atoms with Crippen LogP contribution in [0.3, 0.4) is 0 Å². The van der Waals surface area contributed by atoms with Crippen molar-refractivity contribution in [3.8, 4) is 0 Å². The highest BCUT2D eigenvalue weighted by atomic mass is 16.6. The lowest BCUT2D eigenvalue weighted by molar-refractivity contribution is -0.139. The van der Waals surface area contributed by atoms with Crippen LogP contribution in [0.1, 0.15) is 19.8 Å². The first kappa shape index (κ1) is 8.69. The molecule has 2 aliphatic heterocycles. The molecule has 0 spiro atoms. The highest BCUT2D eigenvalue weighted by Gasteiger charge is 2.35. The molecule has 4 nitrogen and oxygen atoms in total. The van der Waals surface area contributed by atoms with Crippen molar-refractivity contribution in [2.45, 2.75) is 25.9 Å². The fourth-order valence-corrected chi connectivity index (χ4v) is 1.62. The number of likely N-dealkylation sites (tertiary alicyclic amines) is 1. The molecule has 0 saturated carbocycles. The van der Waals surface area contributed by atoms with Gasteiger partial charge in [0.05, 0.1) is 12.7 Å². The molecular weight excluding hydrogens is 170 g/mol. The zero-order valence-corrected chi connectivity index (χ0v) is 7.66. The van der Waals surface area contributed by atoms with E-state index in [0.717, 1.165) is 6.61 Å². The Morgan fingerprint density at radius 1 is 1.46 bits per heavy atom. The van der Waals surface area contributed by atoms with E-state index in [4.69, 9.17) is 4.74 Å². The summed E-state index contributed by atoms with van der Waals surface area (Å²) in [6, 6.07) is 0. The Labute approximate surface area is 76.8 Å². The fourth-order valence-electron chi connectivity index (χ4n) is 1.62. The molecule has 13 heavy (non-hydrogen) atoms. The minimum absolute atomic E-state index is 0.0301. The van der Waals surface area contributed by atoms with E-state index in [2.05, 4.69) is 0 Å². The van der Waals surface area contributed by atoms with Crippen LogP contribution in [-0.4, -0.2) is 36.0 Å². The second kappa shape index (κ2) is 3.10. The molecule has 2 heterocycles. The van der Waals surface area contributed by atoms with Crippen LogP contribution in [0.15, 0.2) is 0 Å². The van der Waals surface area contributed by atoms with Gasteiger partial charge in [-0.15, -0.1) is 0 Å². The molecular formula is C9H13NO3. The predicted octanol–water partition coefficient (Wildman–Crippen LogP) is 0.170. The molecule has 2 unspecified atom stereocenters. The third-order valence-corrected chi connectivity index (χ3v) is 2.62. The van der Waals surface area contributed by atoms with Gasteiger partial charge in [-0.05, 0) is 0 Å². The van der Waals surface area contributed by atoms with E-state index in [1.165, 1.54) is 4.90 Å². The first-order chi connectivity index (χ1) is 6.18. The Balaban J connectivity index is 1.91. The molecule has 0 N–H and O–H groups in total. The van der Waals surface area contributed by atoms with Crippen molar-refractivity contribution in [2.24, 2.45) is 5.92 Å². The van der Waals surface area contributed by atoms with Gasteiger partial charge < -0.3 is 4.74 Å². The Kier molecular flexibility index (Phi) is 2.07. The standard InChI is InChI=1S/C9H13NO3/c1-6(7-5-13-7)4-10-8(11)2-3-9(10)12/h6-7H,2-5H2,1H3. The van der Waals surface area contributed by atoms with Crippen LogP contribution in [0.25, 0.3) is 0 Å². The number of carbonyl (C=O) groups is 2. The molecule has 2 fully saturated rings. The monoisotopic (exact) mass is 183 g/mol. The highest BCUT2D eigenvalue weighted by molar-refractivity contribution is 6.01. The third-order valence-electron chi connectivity index (χ3n) is 2.62. The van der Waals surface area contributed by atoms with Crippen LogP contribution < -0.4 is 0 Å². The van der Waals surface area contributed by atoms with E-state index in [-0.39, 0.29) is 23.8 Å². The largest absolute Gasteiger partial charge is 0.373 e. The second-order valence-corrected chi connectivity index (χ2v) is 3.75. The molecule has 0 radical (unpaired) electrons. The Morgan fingerprint density at radius 2 is 2.00 bits per heavy atom. The number of ether oxygens (including phenoxy) is 1. The van der Waals surface area contributed by atoms with Crippen molar-refractivity contribution in [1.82, 2.24) is 4.90 Å². The molecule has 2 aliphatic rings. The lowest BCUT2D eigenvalue weighted by Crippen LogP contribution is -2.34. The second-order valence-electron chi connectivity index (χ2n) is 3.75. The number of hydrogen-bond acceptors (Lipinski definition) is 3. The van der Waals surface area contributed by atoms with Gasteiger partial charge in [0.15, 0.2) is 0 Å². The van der Waals surface area contributed by atoms with E-state index in [1.807, 2.05) is 6.92 Å². The van der Waals surface area contributed by atoms with Crippen molar-refractivity contribution >= 4 is 11.8 Å². The molecule has 72 valence electrons. The SMILES string of the molecule is CC(CN1C(=O)CCC1=O)C1CO1. The molecule has 2 atom stereocenters. The lowest BCUT2D eigenvalue weighted by Gasteiger charge is -2.17. The van der Waals surface area contributed by atoms with E-state index < -0.39 is 0 Å². The molecule has 2 rings (SSSR count). The van der Waals surface area contributed by atoms with Gasteiger partial charge >= 0.3 is 0 Å². The number of imide groups is 1. The normalized spacial score (nSPS) is 29.6. The summed E-state index contributed by atoms with van der Waals surface area (Å²) in [6.45, 7) is 3.32. The van der Waals surface area contributed by atoms with Crippen LogP contribution >= 0.6 is 0 Å². The molecule has 0 aromatic carbocycles. The number of hydrogen-bond donors (Lipinski definition) is 0. The topological polar surface area (TPSA) is 49.9 Å². The van der Waals surface area contributed by atoms with Gasteiger partial charge in [0.1, 0.15) is 0 Å². The summed E-state index contributed by atoms with van der Waals surface area (Å²) in [5, 5.41) is 0. The average Bonchev–Trinajstić information content (AvgIpc) is 2.88. The van der Waals surface area contributed by atoms with Gasteiger partial charge in [-0.2, -0.15) is 0 Å². The summed E-state index contributed by atoms with van der Waals surface area (Å²) in [6.07, 6.45) is 1.04. The van der Waals surface area contributed by atoms with Gasteiger partial charge in [-0.1, -0.05) is 6.92 Å². The van der Waals surface area contributed by atoms with Crippen molar-refractivity contribution in [2.75, 3.05) is 13.2 Å². The zero-order valence-electron chi connectivity index (χ0n) is 7.66. The van der Waals surface area contributed by atoms with E-state index in [1.54, 1.807) is 0 Å². The Hall–Kier alpha value is -0.900. The summed E-state index contributed by atoms with van der Waals surface area (Å²) < 4.78 is 5.10. The molecule has 0 aromatic rings. The molecule has 0 aliphatic carbocycles. The summed E-state index contributed by atoms with van der Waals surface area (Å²) in [7, 11) is 0. The third kappa shape index (κ3) is 1.72. The van der Waals surface area contributed by atoms with Gasteiger partial charge in [-0.25, -0.2) is 0 Å². The van der Waals surface area contributed by atoms with Gasteiger partial charge in [0, 0.05) is 25.3 Å². The predicted molar refractivity (Wildman–Crippen MR) is 44.9 cm³/mol. The van der Waals surface area contributed by atoms with Crippen LogP contribution in [0.5, 0.6) is 0 Å². The number of amides is 2. The average molecular weight is 183 g/mol. The van der Waals surface area contributed by atoms with Crippen LogP contribution in [0.4, 0.5) is 0 Å². The van der Waals surface area contributed by atoms with Gasteiger partial charge in [0.2, 0.25) is 11.8 Å². The van der Waals surface area contributed by atoms with Crippen molar-refractivity contribution in [3.05, 3.63) is 0 Å². The maximum absolute atomic E-state index is 11.2. The van der Waals surface area contributed by atoms with Crippen molar-refractivity contribution in [3.63, 3.8) is 0 Å². The smallest absolute Gasteiger partial charge is 0.229 e. The number of rotatable bonds is 3. The van der Waals surface area contributed by atoms with Crippen LogP contribution in [-0.2, 0) is 14.3 Å². The first-order valence-corrected chi connectivity index (χ1v) is 4.63. The summed E-state index contributed by atoms with van der Waals surface area (Å²) in [4.78, 5) is 23.8. The minimum atomic E-state index is -0.0301. The number of epoxide rings is 1. The van der Waals surface area contributed by atoms with Crippen LogP contribution in [0, 0.1) is 5.92 Å². The maximum Gasteiger partial charge on any atom is 0.229 e. The fraction of sp³-hybridized carbons (Fsp3) is 0.778. The molecule has 0 bridgehead atoms. The number of nitrogens with zero attached hydrogens (tertiary/aromatic N) is 1. The Morgan fingerprint density at radius 3 is 2.46 bits per heavy atom.